The van der Waals surface area contributed by atoms with Gasteiger partial charge < -0.3 is 4.74 Å². The summed E-state index contributed by atoms with van der Waals surface area (Å²) in [5.74, 6) is -0.454. The SMILES string of the molecule is C=CCOC(=O)c1sc2ncn(Cc3ccc(C)cc3)c(=O)c2c1C. The number of hydrogen-bond acceptors (Lipinski definition) is 5. The average molecular weight is 354 g/mol. The monoisotopic (exact) mass is 354 g/mol. The lowest BCUT2D eigenvalue weighted by molar-refractivity contribution is 0.0555. The second-order valence-electron chi connectivity index (χ2n) is 5.79. The molecular formula is C19H18N2O3S. The molecule has 2 heterocycles. The zero-order valence-corrected chi connectivity index (χ0v) is 14.9. The maximum Gasteiger partial charge on any atom is 0.348 e. The molecule has 5 nitrogen and oxygen atoms in total. The van der Waals surface area contributed by atoms with Gasteiger partial charge in [0.2, 0.25) is 0 Å². The molecule has 0 aliphatic carbocycles. The second-order valence-corrected chi connectivity index (χ2v) is 6.79. The number of aromatic nitrogens is 2. The van der Waals surface area contributed by atoms with E-state index >= 15 is 0 Å². The van der Waals surface area contributed by atoms with E-state index < -0.39 is 5.97 Å². The van der Waals surface area contributed by atoms with Gasteiger partial charge in [0, 0.05) is 0 Å². The van der Waals surface area contributed by atoms with Crippen LogP contribution in [0.25, 0.3) is 10.2 Å². The highest BCUT2D eigenvalue weighted by Crippen LogP contribution is 2.27. The number of fused-ring (bicyclic) bond motifs is 1. The first-order valence-electron chi connectivity index (χ1n) is 7.83. The summed E-state index contributed by atoms with van der Waals surface area (Å²) in [5, 5.41) is 0.477. The summed E-state index contributed by atoms with van der Waals surface area (Å²) in [7, 11) is 0. The highest BCUT2D eigenvalue weighted by atomic mass is 32.1. The zero-order chi connectivity index (χ0) is 18.0. The van der Waals surface area contributed by atoms with Crippen LogP contribution in [0.4, 0.5) is 0 Å². The van der Waals surface area contributed by atoms with Gasteiger partial charge in [0.25, 0.3) is 5.56 Å². The normalized spacial score (nSPS) is 10.8. The van der Waals surface area contributed by atoms with Crippen LogP contribution in [0.1, 0.15) is 26.4 Å². The first kappa shape index (κ1) is 17.1. The molecule has 0 aliphatic rings. The van der Waals surface area contributed by atoms with Crippen molar-refractivity contribution in [2.75, 3.05) is 6.61 Å². The molecule has 25 heavy (non-hydrogen) atoms. The van der Waals surface area contributed by atoms with Crippen LogP contribution in [0.3, 0.4) is 0 Å². The second kappa shape index (κ2) is 7.03. The third-order valence-electron chi connectivity index (χ3n) is 3.91. The highest BCUT2D eigenvalue weighted by molar-refractivity contribution is 7.20. The molecule has 0 aliphatic heterocycles. The average Bonchev–Trinajstić information content (AvgIpc) is 2.94. The number of hydrogen-bond donors (Lipinski definition) is 0. The Bertz CT molecular complexity index is 1000. The number of benzene rings is 1. The number of aryl methyl sites for hydroxylation is 2. The van der Waals surface area contributed by atoms with Crippen molar-refractivity contribution in [3.8, 4) is 0 Å². The Labute approximate surface area is 149 Å². The van der Waals surface area contributed by atoms with E-state index in [4.69, 9.17) is 4.74 Å². The smallest absolute Gasteiger partial charge is 0.348 e. The number of carbonyl (C=O) groups excluding carboxylic acids is 1. The van der Waals surface area contributed by atoms with Gasteiger partial charge in [-0.1, -0.05) is 42.5 Å². The minimum atomic E-state index is -0.454. The van der Waals surface area contributed by atoms with Gasteiger partial charge in [0.15, 0.2) is 0 Å². The molecule has 6 heteroatoms. The summed E-state index contributed by atoms with van der Waals surface area (Å²) in [6, 6.07) is 8.00. The summed E-state index contributed by atoms with van der Waals surface area (Å²) in [4.78, 5) is 30.3. The van der Waals surface area contributed by atoms with Gasteiger partial charge in [-0.25, -0.2) is 9.78 Å². The predicted octanol–water partition coefficient (Wildman–Crippen LogP) is 3.47. The molecule has 0 spiro atoms. The molecule has 128 valence electrons. The van der Waals surface area contributed by atoms with Gasteiger partial charge in [-0.15, -0.1) is 11.3 Å². The van der Waals surface area contributed by atoms with Gasteiger partial charge in [0.1, 0.15) is 16.3 Å². The zero-order valence-electron chi connectivity index (χ0n) is 14.1. The van der Waals surface area contributed by atoms with E-state index in [1.54, 1.807) is 11.5 Å². The molecule has 2 aromatic heterocycles. The lowest BCUT2D eigenvalue weighted by Gasteiger charge is -2.06. The van der Waals surface area contributed by atoms with Crippen molar-refractivity contribution in [2.45, 2.75) is 20.4 Å². The lowest BCUT2D eigenvalue weighted by atomic mass is 10.1. The first-order chi connectivity index (χ1) is 12.0. The van der Waals surface area contributed by atoms with Crippen molar-refractivity contribution in [3.63, 3.8) is 0 Å². The molecule has 0 radical (unpaired) electrons. The van der Waals surface area contributed by atoms with Crippen LogP contribution in [0.2, 0.25) is 0 Å². The van der Waals surface area contributed by atoms with Crippen LogP contribution >= 0.6 is 11.3 Å². The summed E-state index contributed by atoms with van der Waals surface area (Å²) in [6.07, 6.45) is 3.03. The van der Waals surface area contributed by atoms with Crippen molar-refractivity contribution < 1.29 is 9.53 Å². The number of ether oxygens (including phenoxy) is 1. The Kier molecular flexibility index (Phi) is 4.81. The first-order valence-corrected chi connectivity index (χ1v) is 8.65. The molecule has 0 unspecified atom stereocenters. The number of thiophene rings is 1. The third-order valence-corrected chi connectivity index (χ3v) is 5.09. The molecule has 0 bridgehead atoms. The molecular weight excluding hydrogens is 336 g/mol. The van der Waals surface area contributed by atoms with Crippen LogP contribution in [-0.4, -0.2) is 22.1 Å². The van der Waals surface area contributed by atoms with Crippen molar-refractivity contribution in [2.24, 2.45) is 0 Å². The standard InChI is InChI=1S/C19H18N2O3S/c1-4-9-24-19(23)16-13(3)15-17(25-16)20-11-21(18(15)22)10-14-7-5-12(2)6-8-14/h4-8,11H,1,9-10H2,2-3H3. The van der Waals surface area contributed by atoms with Gasteiger partial charge in [-0.3, -0.25) is 9.36 Å². The van der Waals surface area contributed by atoms with E-state index in [9.17, 15) is 9.59 Å². The van der Waals surface area contributed by atoms with Gasteiger partial charge in [-0.2, -0.15) is 0 Å². The molecule has 3 aromatic rings. The summed E-state index contributed by atoms with van der Waals surface area (Å²) >= 11 is 1.18. The number of nitrogens with zero attached hydrogens (tertiary/aromatic N) is 2. The van der Waals surface area contributed by atoms with Gasteiger partial charge in [0.05, 0.1) is 18.3 Å². The van der Waals surface area contributed by atoms with E-state index in [1.165, 1.54) is 29.3 Å². The van der Waals surface area contributed by atoms with Gasteiger partial charge in [-0.05, 0) is 25.0 Å². The fourth-order valence-corrected chi connectivity index (χ4v) is 3.59. The Morgan fingerprint density at radius 2 is 2.04 bits per heavy atom. The van der Waals surface area contributed by atoms with E-state index in [1.807, 2.05) is 31.2 Å². The fourth-order valence-electron chi connectivity index (χ4n) is 2.56. The number of esters is 1. The lowest BCUT2D eigenvalue weighted by Crippen LogP contribution is -2.21. The molecule has 0 amide bonds. The van der Waals surface area contributed by atoms with Crippen molar-refractivity contribution in [1.29, 1.82) is 0 Å². The van der Waals surface area contributed by atoms with Crippen LogP contribution in [-0.2, 0) is 11.3 Å². The van der Waals surface area contributed by atoms with E-state index in [0.717, 1.165) is 5.56 Å². The molecule has 0 fully saturated rings. The van der Waals surface area contributed by atoms with Crippen molar-refractivity contribution in [3.05, 3.63) is 75.2 Å². The van der Waals surface area contributed by atoms with Crippen molar-refractivity contribution >= 4 is 27.5 Å². The van der Waals surface area contributed by atoms with Crippen molar-refractivity contribution in [1.82, 2.24) is 9.55 Å². The Morgan fingerprint density at radius 3 is 2.72 bits per heavy atom. The molecule has 0 saturated carbocycles. The molecule has 0 atom stereocenters. The Hall–Kier alpha value is -2.73. The largest absolute Gasteiger partial charge is 0.457 e. The van der Waals surface area contributed by atoms with Crippen LogP contribution in [0.5, 0.6) is 0 Å². The number of rotatable bonds is 5. The van der Waals surface area contributed by atoms with Crippen LogP contribution < -0.4 is 5.56 Å². The highest BCUT2D eigenvalue weighted by Gasteiger charge is 2.20. The Morgan fingerprint density at radius 1 is 1.32 bits per heavy atom. The van der Waals surface area contributed by atoms with E-state index in [2.05, 4.69) is 11.6 Å². The molecule has 0 saturated heterocycles. The van der Waals surface area contributed by atoms with Gasteiger partial charge >= 0.3 is 5.97 Å². The maximum absolute atomic E-state index is 12.8. The topological polar surface area (TPSA) is 61.2 Å². The fraction of sp³-hybridized carbons (Fsp3) is 0.211. The van der Waals surface area contributed by atoms with Crippen LogP contribution in [0, 0.1) is 13.8 Å². The third kappa shape index (κ3) is 3.39. The quantitative estimate of drug-likeness (QED) is 0.520. The van der Waals surface area contributed by atoms with Crippen LogP contribution in [0.15, 0.2) is 48.0 Å². The van der Waals surface area contributed by atoms with E-state index in [-0.39, 0.29) is 12.2 Å². The summed E-state index contributed by atoms with van der Waals surface area (Å²) in [6.45, 7) is 7.87. The Balaban J connectivity index is 2.00. The predicted molar refractivity (Wildman–Crippen MR) is 99.4 cm³/mol. The maximum atomic E-state index is 12.8. The molecule has 1 aromatic carbocycles. The summed E-state index contributed by atoms with van der Waals surface area (Å²) in [5.41, 5.74) is 2.65. The van der Waals surface area contributed by atoms with E-state index in [0.29, 0.717) is 27.2 Å². The summed E-state index contributed by atoms with van der Waals surface area (Å²) < 4.78 is 6.64. The number of carbonyl (C=O) groups is 1. The molecule has 0 N–H and O–H groups in total. The minimum Gasteiger partial charge on any atom is -0.457 e. The minimum absolute atomic E-state index is 0.137. The molecule has 3 rings (SSSR count).